The Balaban J connectivity index is 3.26. The number of aromatic hydroxyl groups is 4. The molecule has 2 aromatic carbocycles. The van der Waals surface area contributed by atoms with Gasteiger partial charge in [0.25, 0.3) is 0 Å². The third-order valence-electron chi connectivity index (χ3n) is 5.98. The fourth-order valence-corrected chi connectivity index (χ4v) is 4.34. The zero-order valence-electron chi connectivity index (χ0n) is 21.9. The van der Waals surface area contributed by atoms with Gasteiger partial charge in [0.15, 0.2) is 11.5 Å². The summed E-state index contributed by atoms with van der Waals surface area (Å²) in [5.41, 5.74) is 2.86. The number of phenolic OH excluding ortho intramolecular Hbond substituents is 4. The molecule has 0 spiro atoms. The first-order valence-corrected chi connectivity index (χ1v) is 11.3. The monoisotopic (exact) mass is 442 g/mol. The van der Waals surface area contributed by atoms with Gasteiger partial charge in [0.05, 0.1) is 5.56 Å². The van der Waals surface area contributed by atoms with Gasteiger partial charge in [-0.25, -0.2) is 0 Å². The lowest BCUT2D eigenvalue weighted by Gasteiger charge is -2.36. The van der Waals surface area contributed by atoms with Crippen molar-refractivity contribution in [2.75, 3.05) is 0 Å². The van der Waals surface area contributed by atoms with E-state index in [1.807, 2.05) is 26.8 Å². The van der Waals surface area contributed by atoms with Crippen LogP contribution in [0, 0.1) is 0 Å². The van der Waals surface area contributed by atoms with Crippen LogP contribution in [-0.4, -0.2) is 20.4 Å². The van der Waals surface area contributed by atoms with Crippen molar-refractivity contribution in [1.82, 2.24) is 0 Å². The summed E-state index contributed by atoms with van der Waals surface area (Å²) in [5.74, 6) is -1.82. The number of hydrogen-bond acceptors (Lipinski definition) is 4. The van der Waals surface area contributed by atoms with Crippen molar-refractivity contribution in [2.24, 2.45) is 0 Å². The zero-order chi connectivity index (χ0) is 25.2. The Labute approximate surface area is 194 Å². The molecule has 0 aromatic heterocycles. The average Bonchev–Trinajstić information content (AvgIpc) is 2.55. The summed E-state index contributed by atoms with van der Waals surface area (Å²) in [7, 11) is 0. The van der Waals surface area contributed by atoms with Crippen LogP contribution >= 0.6 is 0 Å². The molecule has 0 fully saturated rings. The third kappa shape index (κ3) is 4.55. The fraction of sp³-hybridized carbons (Fsp3) is 0.571. The molecule has 4 heteroatoms. The number of rotatable bonds is 1. The Bertz CT molecular complexity index is 1030. The van der Waals surface area contributed by atoms with Crippen LogP contribution in [0.2, 0.25) is 0 Å². The normalized spacial score (nSPS) is 13.5. The summed E-state index contributed by atoms with van der Waals surface area (Å²) < 4.78 is 0. The van der Waals surface area contributed by atoms with E-state index in [9.17, 15) is 20.4 Å². The quantitative estimate of drug-likeness (QED) is 0.275. The molecule has 0 saturated heterocycles. The van der Waals surface area contributed by atoms with E-state index in [1.165, 1.54) is 0 Å². The Morgan fingerprint density at radius 2 is 0.938 bits per heavy atom. The predicted molar refractivity (Wildman–Crippen MR) is 133 cm³/mol. The van der Waals surface area contributed by atoms with Gasteiger partial charge >= 0.3 is 0 Å². The van der Waals surface area contributed by atoms with Crippen molar-refractivity contribution in [2.45, 2.75) is 105 Å². The van der Waals surface area contributed by atoms with Crippen molar-refractivity contribution in [1.29, 1.82) is 0 Å². The topological polar surface area (TPSA) is 80.9 Å². The molecule has 4 N–H and O–H groups in total. The molecule has 178 valence electrons. The average molecular weight is 443 g/mol. The van der Waals surface area contributed by atoms with E-state index in [1.54, 1.807) is 0 Å². The lowest BCUT2D eigenvalue weighted by atomic mass is 9.69. The number of hydrogen-bond donors (Lipinski definition) is 4. The van der Waals surface area contributed by atoms with Crippen LogP contribution in [0.3, 0.4) is 0 Å². The molecule has 0 aliphatic carbocycles. The summed E-state index contributed by atoms with van der Waals surface area (Å²) in [6, 6.07) is 4.23. The molecule has 0 aliphatic rings. The van der Waals surface area contributed by atoms with Gasteiger partial charge in [0.2, 0.25) is 5.75 Å². The summed E-state index contributed by atoms with van der Waals surface area (Å²) >= 11 is 0. The van der Waals surface area contributed by atoms with Crippen LogP contribution in [0.4, 0.5) is 0 Å². The highest BCUT2D eigenvalue weighted by Crippen LogP contribution is 2.57. The maximum Gasteiger partial charge on any atom is 0.201 e. The molecule has 0 amide bonds. The molecule has 4 nitrogen and oxygen atoms in total. The second kappa shape index (κ2) is 7.60. The van der Waals surface area contributed by atoms with E-state index < -0.39 is 22.7 Å². The van der Waals surface area contributed by atoms with E-state index in [4.69, 9.17) is 0 Å². The number of phenols is 4. The van der Waals surface area contributed by atoms with Crippen molar-refractivity contribution < 1.29 is 20.4 Å². The van der Waals surface area contributed by atoms with Crippen LogP contribution in [0.5, 0.6) is 23.0 Å². The predicted octanol–water partition coefficient (Wildman–Crippen LogP) is 7.37. The summed E-state index contributed by atoms with van der Waals surface area (Å²) in [4.78, 5) is 0. The van der Waals surface area contributed by atoms with E-state index in [-0.39, 0.29) is 33.1 Å². The molecular weight excluding hydrogens is 400 g/mol. The van der Waals surface area contributed by atoms with E-state index in [0.29, 0.717) is 5.56 Å². The molecule has 2 rings (SSSR count). The highest BCUT2D eigenvalue weighted by molar-refractivity contribution is 5.87. The highest BCUT2D eigenvalue weighted by Gasteiger charge is 2.36. The zero-order valence-corrected chi connectivity index (χ0v) is 21.9. The van der Waals surface area contributed by atoms with E-state index in [0.717, 1.165) is 16.7 Å². The van der Waals surface area contributed by atoms with Gasteiger partial charge < -0.3 is 20.4 Å². The molecule has 0 aliphatic heterocycles. The van der Waals surface area contributed by atoms with Gasteiger partial charge in [-0.3, -0.25) is 0 Å². The maximum atomic E-state index is 11.4. The summed E-state index contributed by atoms with van der Waals surface area (Å²) in [5, 5.41) is 43.7. The Hall–Kier alpha value is -2.36. The SMILES string of the molecule is CC(C)(C)c1cc(-c2c(O)c(O)c(O)c(C(C)(C)C)c2O)c(C(C)(C)C)c(C(C)(C)C)c1. The first kappa shape index (κ1) is 25.9. The molecule has 0 unspecified atom stereocenters. The van der Waals surface area contributed by atoms with Crippen molar-refractivity contribution in [3.8, 4) is 34.1 Å². The first-order chi connectivity index (χ1) is 14.1. The van der Waals surface area contributed by atoms with Crippen LogP contribution in [-0.2, 0) is 21.7 Å². The lowest BCUT2D eigenvalue weighted by Crippen LogP contribution is -2.25. The van der Waals surface area contributed by atoms with Gasteiger partial charge in [0, 0.05) is 5.56 Å². The summed E-state index contributed by atoms with van der Waals surface area (Å²) in [6.45, 7) is 24.7. The third-order valence-corrected chi connectivity index (χ3v) is 5.98. The minimum absolute atomic E-state index is 0.159. The molecule has 0 saturated carbocycles. The fourth-order valence-electron chi connectivity index (χ4n) is 4.34. The van der Waals surface area contributed by atoms with Gasteiger partial charge in [0.1, 0.15) is 5.75 Å². The Morgan fingerprint density at radius 3 is 1.31 bits per heavy atom. The van der Waals surface area contributed by atoms with E-state index in [2.05, 4.69) is 68.4 Å². The standard InChI is InChI=1S/C28H42O4/c1-25(2,3)15-13-16(19(27(7,8)9)17(14-15)26(4,5)6)18-21(29)20(28(10,11)12)23(31)24(32)22(18)30/h13-14,29-32H,1-12H3. The van der Waals surface area contributed by atoms with Crippen LogP contribution in [0.1, 0.15) is 105 Å². The number of benzene rings is 2. The van der Waals surface area contributed by atoms with Gasteiger partial charge in [-0.15, -0.1) is 0 Å². The smallest absolute Gasteiger partial charge is 0.201 e. The molecular formula is C28H42O4. The molecule has 32 heavy (non-hydrogen) atoms. The van der Waals surface area contributed by atoms with Gasteiger partial charge in [-0.05, 0) is 43.9 Å². The molecule has 0 radical (unpaired) electrons. The van der Waals surface area contributed by atoms with Gasteiger partial charge in [-0.1, -0.05) is 95.2 Å². The van der Waals surface area contributed by atoms with Crippen LogP contribution in [0.25, 0.3) is 11.1 Å². The van der Waals surface area contributed by atoms with Crippen molar-refractivity contribution >= 4 is 0 Å². The lowest BCUT2D eigenvalue weighted by molar-refractivity contribution is 0.348. The highest BCUT2D eigenvalue weighted by atomic mass is 16.3. The molecule has 0 atom stereocenters. The van der Waals surface area contributed by atoms with Crippen LogP contribution in [0.15, 0.2) is 12.1 Å². The van der Waals surface area contributed by atoms with Gasteiger partial charge in [-0.2, -0.15) is 0 Å². The maximum absolute atomic E-state index is 11.4. The second-order valence-electron chi connectivity index (χ2n) is 13.1. The Kier molecular flexibility index (Phi) is 6.15. The molecule has 0 heterocycles. The van der Waals surface area contributed by atoms with Crippen molar-refractivity contribution in [3.63, 3.8) is 0 Å². The Morgan fingerprint density at radius 1 is 0.469 bits per heavy atom. The van der Waals surface area contributed by atoms with E-state index >= 15 is 0 Å². The minimum atomic E-state index is -0.662. The van der Waals surface area contributed by atoms with Crippen molar-refractivity contribution in [3.05, 3.63) is 34.4 Å². The first-order valence-electron chi connectivity index (χ1n) is 11.3. The largest absolute Gasteiger partial charge is 0.507 e. The molecule has 2 aromatic rings. The minimum Gasteiger partial charge on any atom is -0.507 e. The molecule has 0 bridgehead atoms. The summed E-state index contributed by atoms with van der Waals surface area (Å²) in [6.07, 6.45) is 0. The van der Waals surface area contributed by atoms with Crippen LogP contribution < -0.4 is 0 Å². The second-order valence-corrected chi connectivity index (χ2v) is 13.1.